The molecule has 0 atom stereocenters. The maximum absolute atomic E-state index is 11.2. The fraction of sp³-hybridized carbons (Fsp3) is 0.111. The molecule has 0 saturated carbocycles. The minimum absolute atomic E-state index is 0.147. The summed E-state index contributed by atoms with van der Waals surface area (Å²) in [6.45, 7) is 0. The van der Waals surface area contributed by atoms with E-state index in [0.29, 0.717) is 5.56 Å². The monoisotopic (exact) mass is 213 g/mol. The van der Waals surface area contributed by atoms with Crippen molar-refractivity contribution in [1.82, 2.24) is 0 Å². The normalized spacial score (nSPS) is 11.1. The van der Waals surface area contributed by atoms with Crippen LogP contribution in [0.5, 0.6) is 0 Å². The number of carbonyl (C=O) groups is 1. The predicted molar refractivity (Wildman–Crippen MR) is 52.0 cm³/mol. The lowest BCUT2D eigenvalue weighted by Crippen LogP contribution is -2.07. The zero-order valence-corrected chi connectivity index (χ0v) is 8.15. The Kier molecular flexibility index (Phi) is 3.48. The molecule has 5 heteroatoms. The van der Waals surface area contributed by atoms with Crippen molar-refractivity contribution in [2.45, 2.75) is 0 Å². The van der Waals surface area contributed by atoms with E-state index in [2.05, 4.69) is 9.89 Å². The molecule has 1 aromatic rings. The highest BCUT2D eigenvalue weighted by Crippen LogP contribution is 2.13. The Morgan fingerprint density at radius 2 is 2.00 bits per heavy atom. The van der Waals surface area contributed by atoms with Crippen LogP contribution >= 0.6 is 11.6 Å². The number of methoxy groups -OCH3 is 1. The Bertz CT molecular complexity index is 376. The third-order valence-corrected chi connectivity index (χ3v) is 1.92. The molecule has 1 aromatic carbocycles. The molecule has 0 radical (unpaired) electrons. The molecule has 0 aliphatic carbocycles. The zero-order valence-electron chi connectivity index (χ0n) is 7.40. The van der Waals surface area contributed by atoms with Gasteiger partial charge < -0.3 is 9.94 Å². The molecular formula is C9H8ClNO3. The van der Waals surface area contributed by atoms with Crippen molar-refractivity contribution in [3.8, 4) is 0 Å². The largest absolute Gasteiger partial charge is 0.465 e. The molecule has 0 aliphatic rings. The SMILES string of the molecule is COC(=O)c1ccccc1C(Cl)=NO. The van der Waals surface area contributed by atoms with Gasteiger partial charge in [0.05, 0.1) is 12.7 Å². The van der Waals surface area contributed by atoms with Crippen molar-refractivity contribution in [3.63, 3.8) is 0 Å². The van der Waals surface area contributed by atoms with Gasteiger partial charge in [-0.2, -0.15) is 0 Å². The molecular weight excluding hydrogens is 206 g/mol. The van der Waals surface area contributed by atoms with E-state index < -0.39 is 5.97 Å². The zero-order chi connectivity index (χ0) is 10.6. The smallest absolute Gasteiger partial charge is 0.338 e. The first kappa shape index (κ1) is 10.5. The number of hydrogen-bond acceptors (Lipinski definition) is 4. The molecule has 0 heterocycles. The van der Waals surface area contributed by atoms with E-state index in [4.69, 9.17) is 16.8 Å². The first-order valence-electron chi connectivity index (χ1n) is 3.76. The molecule has 0 fully saturated rings. The third kappa shape index (κ3) is 2.03. The van der Waals surface area contributed by atoms with Crippen LogP contribution in [-0.4, -0.2) is 23.5 Å². The molecule has 0 aliphatic heterocycles. The highest BCUT2D eigenvalue weighted by Gasteiger charge is 2.13. The molecule has 0 unspecified atom stereocenters. The molecule has 14 heavy (non-hydrogen) atoms. The minimum atomic E-state index is -0.526. The minimum Gasteiger partial charge on any atom is -0.465 e. The van der Waals surface area contributed by atoms with Crippen LogP contribution in [-0.2, 0) is 4.74 Å². The number of nitrogens with zero attached hydrogens (tertiary/aromatic N) is 1. The first-order valence-corrected chi connectivity index (χ1v) is 4.13. The highest BCUT2D eigenvalue weighted by atomic mass is 35.5. The van der Waals surface area contributed by atoms with Gasteiger partial charge in [0.25, 0.3) is 0 Å². The van der Waals surface area contributed by atoms with Crippen LogP contribution in [0.1, 0.15) is 15.9 Å². The first-order chi connectivity index (χ1) is 6.70. The van der Waals surface area contributed by atoms with Crippen molar-refractivity contribution in [2.75, 3.05) is 7.11 Å². The molecule has 74 valence electrons. The summed E-state index contributed by atoms with van der Waals surface area (Å²) >= 11 is 5.59. The Balaban J connectivity index is 3.23. The number of oxime groups is 1. The molecule has 0 spiro atoms. The lowest BCUT2D eigenvalue weighted by atomic mass is 10.1. The predicted octanol–water partition coefficient (Wildman–Crippen LogP) is 1.85. The van der Waals surface area contributed by atoms with Gasteiger partial charge in [-0.25, -0.2) is 4.79 Å². The van der Waals surface area contributed by atoms with Crippen molar-refractivity contribution in [1.29, 1.82) is 0 Å². The number of benzene rings is 1. The van der Waals surface area contributed by atoms with E-state index in [0.717, 1.165) is 0 Å². The molecule has 0 saturated heterocycles. The van der Waals surface area contributed by atoms with Crippen LogP contribution < -0.4 is 0 Å². The van der Waals surface area contributed by atoms with Crippen molar-refractivity contribution in [3.05, 3.63) is 35.4 Å². The maximum atomic E-state index is 11.2. The van der Waals surface area contributed by atoms with E-state index in [1.54, 1.807) is 18.2 Å². The Hall–Kier alpha value is -1.55. The van der Waals surface area contributed by atoms with Gasteiger partial charge in [0.2, 0.25) is 0 Å². The third-order valence-electron chi connectivity index (χ3n) is 1.64. The van der Waals surface area contributed by atoms with Gasteiger partial charge in [-0.3, -0.25) is 0 Å². The van der Waals surface area contributed by atoms with Crippen molar-refractivity contribution >= 4 is 22.7 Å². The summed E-state index contributed by atoms with van der Waals surface area (Å²) < 4.78 is 4.54. The lowest BCUT2D eigenvalue weighted by molar-refractivity contribution is 0.0600. The van der Waals surface area contributed by atoms with Crippen LogP contribution in [0.25, 0.3) is 0 Å². The van der Waals surface area contributed by atoms with E-state index in [-0.39, 0.29) is 10.7 Å². The average molecular weight is 214 g/mol. The Morgan fingerprint density at radius 3 is 2.50 bits per heavy atom. The van der Waals surface area contributed by atoms with Gasteiger partial charge in [0.1, 0.15) is 0 Å². The number of esters is 1. The van der Waals surface area contributed by atoms with Gasteiger partial charge in [-0.1, -0.05) is 35.0 Å². The second-order valence-electron chi connectivity index (χ2n) is 2.43. The quantitative estimate of drug-likeness (QED) is 0.353. The van der Waals surface area contributed by atoms with Crippen LogP contribution in [0.3, 0.4) is 0 Å². The Morgan fingerprint density at radius 1 is 1.43 bits per heavy atom. The standard InChI is InChI=1S/C9H8ClNO3/c1-14-9(12)7-5-3-2-4-6(7)8(10)11-13/h2-5,13H,1H3. The summed E-state index contributed by atoms with van der Waals surface area (Å²) in [5.41, 5.74) is 0.598. The van der Waals surface area contributed by atoms with E-state index in [9.17, 15) is 4.79 Å². The second kappa shape index (κ2) is 4.62. The molecule has 1 rings (SSSR count). The number of halogens is 1. The van der Waals surface area contributed by atoms with Gasteiger partial charge in [0, 0.05) is 5.56 Å². The molecule has 0 bridgehead atoms. The van der Waals surface area contributed by atoms with E-state index in [1.165, 1.54) is 13.2 Å². The van der Waals surface area contributed by atoms with Crippen LogP contribution in [0.15, 0.2) is 29.4 Å². The van der Waals surface area contributed by atoms with E-state index >= 15 is 0 Å². The molecule has 0 aromatic heterocycles. The van der Waals surface area contributed by atoms with Gasteiger partial charge in [-0.15, -0.1) is 0 Å². The summed E-state index contributed by atoms with van der Waals surface area (Å²) in [5, 5.41) is 11.1. The van der Waals surface area contributed by atoms with Crippen molar-refractivity contribution in [2.24, 2.45) is 5.16 Å². The number of carbonyl (C=O) groups excluding carboxylic acids is 1. The summed E-state index contributed by atoms with van der Waals surface area (Å²) in [7, 11) is 1.27. The fourth-order valence-corrected chi connectivity index (χ4v) is 1.17. The summed E-state index contributed by atoms with van der Waals surface area (Å²) in [6.07, 6.45) is 0. The topological polar surface area (TPSA) is 58.9 Å². The van der Waals surface area contributed by atoms with Crippen LogP contribution in [0, 0.1) is 0 Å². The van der Waals surface area contributed by atoms with Crippen LogP contribution in [0.2, 0.25) is 0 Å². The summed E-state index contributed by atoms with van der Waals surface area (Å²) in [5.74, 6) is -0.526. The second-order valence-corrected chi connectivity index (χ2v) is 2.79. The highest BCUT2D eigenvalue weighted by molar-refractivity contribution is 6.69. The molecule has 4 nitrogen and oxygen atoms in total. The van der Waals surface area contributed by atoms with Gasteiger partial charge in [-0.05, 0) is 6.07 Å². The Labute approximate surface area is 85.7 Å². The summed E-state index contributed by atoms with van der Waals surface area (Å²) in [6, 6.07) is 6.44. The lowest BCUT2D eigenvalue weighted by Gasteiger charge is -2.03. The molecule has 1 N–H and O–H groups in total. The van der Waals surface area contributed by atoms with E-state index in [1.807, 2.05) is 0 Å². The number of ether oxygens (including phenoxy) is 1. The van der Waals surface area contributed by atoms with Gasteiger partial charge >= 0.3 is 5.97 Å². The molecule has 0 amide bonds. The number of hydrogen-bond donors (Lipinski definition) is 1. The summed E-state index contributed by atoms with van der Waals surface area (Å²) in [4.78, 5) is 11.2. The number of rotatable bonds is 2. The van der Waals surface area contributed by atoms with Crippen LogP contribution in [0.4, 0.5) is 0 Å². The maximum Gasteiger partial charge on any atom is 0.338 e. The van der Waals surface area contributed by atoms with Crippen molar-refractivity contribution < 1.29 is 14.7 Å². The average Bonchev–Trinajstić information content (AvgIpc) is 2.27. The van der Waals surface area contributed by atoms with Gasteiger partial charge in [0.15, 0.2) is 5.17 Å². The fourth-order valence-electron chi connectivity index (χ4n) is 1.00.